The number of nitrogens with zero attached hydrogens (tertiary/aromatic N) is 2. The minimum Gasteiger partial charge on any atom is -0.443 e. The Balaban J connectivity index is 1.74. The molecule has 1 aliphatic heterocycles. The fourth-order valence-electron chi connectivity index (χ4n) is 4.51. The number of likely N-dealkylation sites (tertiary alicyclic amines) is 1. The second kappa shape index (κ2) is 6.89. The molecule has 0 bridgehead atoms. The number of imide groups is 1. The quantitative estimate of drug-likeness (QED) is 0.741. The van der Waals surface area contributed by atoms with E-state index in [1.165, 1.54) is 14.7 Å². The summed E-state index contributed by atoms with van der Waals surface area (Å²) in [6.45, 7) is 8.13. The number of thiophene rings is 1. The maximum Gasteiger partial charge on any atom is 0.417 e. The molecule has 0 atom stereocenters. The van der Waals surface area contributed by atoms with Crippen LogP contribution in [0.2, 0.25) is 0 Å². The van der Waals surface area contributed by atoms with Crippen molar-refractivity contribution in [2.75, 3.05) is 20.6 Å². The van der Waals surface area contributed by atoms with Gasteiger partial charge >= 0.3 is 6.09 Å². The van der Waals surface area contributed by atoms with Crippen LogP contribution in [0, 0.1) is 12.3 Å². The van der Waals surface area contributed by atoms with Gasteiger partial charge < -0.3 is 4.74 Å². The number of hydrogen-bond donors (Lipinski definition) is 0. The van der Waals surface area contributed by atoms with E-state index in [-0.39, 0.29) is 16.9 Å². The maximum absolute atomic E-state index is 12.6. The van der Waals surface area contributed by atoms with Crippen molar-refractivity contribution >= 4 is 23.3 Å². The van der Waals surface area contributed by atoms with Gasteiger partial charge in [0.05, 0.1) is 5.54 Å². The second-order valence-corrected chi connectivity index (χ2v) is 10.8. The van der Waals surface area contributed by atoms with Crippen LogP contribution >= 0.6 is 11.3 Å². The van der Waals surface area contributed by atoms with Gasteiger partial charge in [0.2, 0.25) is 5.91 Å². The third kappa shape index (κ3) is 3.92. The smallest absolute Gasteiger partial charge is 0.417 e. The van der Waals surface area contributed by atoms with Gasteiger partial charge in [-0.05, 0) is 85.0 Å². The Labute approximate surface area is 166 Å². The zero-order valence-electron chi connectivity index (χ0n) is 17.4. The topological polar surface area (TPSA) is 49.9 Å². The minimum atomic E-state index is -0.587. The molecule has 1 aromatic rings. The molecule has 1 spiro atoms. The van der Waals surface area contributed by atoms with E-state index in [2.05, 4.69) is 38.1 Å². The van der Waals surface area contributed by atoms with Crippen molar-refractivity contribution in [3.8, 4) is 0 Å². The van der Waals surface area contributed by atoms with Crippen LogP contribution < -0.4 is 0 Å². The molecule has 0 unspecified atom stereocenters. The van der Waals surface area contributed by atoms with E-state index in [4.69, 9.17) is 4.74 Å². The fourth-order valence-corrected chi connectivity index (χ4v) is 5.70. The Morgan fingerprint density at radius 1 is 1.19 bits per heavy atom. The van der Waals surface area contributed by atoms with E-state index < -0.39 is 11.7 Å². The van der Waals surface area contributed by atoms with Gasteiger partial charge in [0, 0.05) is 22.7 Å². The van der Waals surface area contributed by atoms with Gasteiger partial charge in [-0.2, -0.15) is 0 Å². The van der Waals surface area contributed by atoms with Crippen LogP contribution in [0.3, 0.4) is 0 Å². The monoisotopic (exact) mass is 392 g/mol. The van der Waals surface area contributed by atoms with Crippen LogP contribution in [-0.4, -0.2) is 48.0 Å². The Kier molecular flexibility index (Phi) is 5.19. The number of amides is 2. The highest BCUT2D eigenvalue weighted by atomic mass is 32.1. The van der Waals surface area contributed by atoms with Crippen molar-refractivity contribution in [2.45, 2.75) is 70.9 Å². The van der Waals surface area contributed by atoms with Crippen molar-refractivity contribution in [3.63, 3.8) is 0 Å². The summed E-state index contributed by atoms with van der Waals surface area (Å²) in [7, 11) is 4.31. The lowest BCUT2D eigenvalue weighted by atomic mass is 9.66. The first-order valence-corrected chi connectivity index (χ1v) is 10.6. The molecule has 1 saturated carbocycles. The summed E-state index contributed by atoms with van der Waals surface area (Å²) >= 11 is 1.87. The summed E-state index contributed by atoms with van der Waals surface area (Å²) in [5.74, 6) is -0.0893. The Hall–Kier alpha value is -1.40. The van der Waals surface area contributed by atoms with Gasteiger partial charge in [-0.3, -0.25) is 9.69 Å². The predicted octanol–water partition coefficient (Wildman–Crippen LogP) is 4.54. The molecule has 2 heterocycles. The van der Waals surface area contributed by atoms with E-state index in [9.17, 15) is 9.59 Å². The van der Waals surface area contributed by atoms with Crippen molar-refractivity contribution in [2.24, 2.45) is 5.41 Å². The summed E-state index contributed by atoms with van der Waals surface area (Å²) < 4.78 is 5.44. The molecular formula is C21H32N2O3S. The van der Waals surface area contributed by atoms with Gasteiger partial charge in [0.15, 0.2) is 0 Å². The molecule has 0 radical (unpaired) electrons. The first kappa shape index (κ1) is 20.3. The number of ether oxygens (including phenoxy) is 1. The highest BCUT2D eigenvalue weighted by Crippen LogP contribution is 2.53. The lowest BCUT2D eigenvalue weighted by Crippen LogP contribution is -2.47. The summed E-state index contributed by atoms with van der Waals surface area (Å²) in [6.07, 6.45) is 3.88. The molecule has 6 heteroatoms. The predicted molar refractivity (Wildman–Crippen MR) is 108 cm³/mol. The molecule has 0 aromatic carbocycles. The van der Waals surface area contributed by atoms with Crippen LogP contribution in [0.5, 0.6) is 0 Å². The normalized spacial score (nSPS) is 29.0. The van der Waals surface area contributed by atoms with Gasteiger partial charge in [0.1, 0.15) is 5.60 Å². The van der Waals surface area contributed by atoms with E-state index in [0.717, 1.165) is 25.7 Å². The third-order valence-electron chi connectivity index (χ3n) is 6.13. The largest absolute Gasteiger partial charge is 0.443 e. The first-order chi connectivity index (χ1) is 12.5. The van der Waals surface area contributed by atoms with Crippen LogP contribution in [0.25, 0.3) is 0 Å². The van der Waals surface area contributed by atoms with Crippen LogP contribution in [0.1, 0.15) is 62.6 Å². The molecule has 1 aromatic heterocycles. The zero-order chi connectivity index (χ0) is 20.0. The highest BCUT2D eigenvalue weighted by Gasteiger charge is 2.52. The zero-order valence-corrected chi connectivity index (χ0v) is 18.2. The molecule has 3 rings (SSSR count). The van der Waals surface area contributed by atoms with Crippen molar-refractivity contribution < 1.29 is 14.3 Å². The minimum absolute atomic E-state index is 0.0343. The third-order valence-corrected chi connectivity index (χ3v) is 7.32. The van der Waals surface area contributed by atoms with E-state index in [1.54, 1.807) is 0 Å². The molecular weight excluding hydrogens is 360 g/mol. The average molecular weight is 393 g/mol. The molecule has 1 saturated heterocycles. The lowest BCUT2D eigenvalue weighted by molar-refractivity contribution is -0.127. The highest BCUT2D eigenvalue weighted by molar-refractivity contribution is 7.12. The molecule has 2 amide bonds. The summed E-state index contributed by atoms with van der Waals surface area (Å²) in [6, 6.07) is 4.45. The van der Waals surface area contributed by atoms with E-state index >= 15 is 0 Å². The summed E-state index contributed by atoms with van der Waals surface area (Å²) in [5, 5.41) is 0. The lowest BCUT2D eigenvalue weighted by Gasteiger charge is -2.48. The van der Waals surface area contributed by atoms with E-state index in [0.29, 0.717) is 13.0 Å². The molecule has 2 aliphatic rings. The molecule has 27 heavy (non-hydrogen) atoms. The number of carbonyl (C=O) groups excluding carboxylic acids is 2. The van der Waals surface area contributed by atoms with Crippen molar-refractivity contribution in [1.29, 1.82) is 0 Å². The van der Waals surface area contributed by atoms with Crippen LogP contribution in [0.15, 0.2) is 12.1 Å². The van der Waals surface area contributed by atoms with Crippen LogP contribution in [0.4, 0.5) is 4.79 Å². The van der Waals surface area contributed by atoms with Gasteiger partial charge in [0.25, 0.3) is 0 Å². The fraction of sp³-hybridized carbons (Fsp3) is 0.714. The SMILES string of the molecule is Cc1ccc(C2(N(C)C)CCC3(CC2)CC(=O)N(C(=O)OC(C)(C)C)C3)s1. The number of aryl methyl sites for hydroxylation is 1. The number of carbonyl (C=O) groups is 2. The van der Waals surface area contributed by atoms with Crippen molar-refractivity contribution in [1.82, 2.24) is 9.80 Å². The summed E-state index contributed by atoms with van der Waals surface area (Å²) in [4.78, 5) is 31.4. The second-order valence-electron chi connectivity index (χ2n) is 9.47. The van der Waals surface area contributed by atoms with Gasteiger partial charge in [-0.15, -0.1) is 11.3 Å². The van der Waals surface area contributed by atoms with Crippen molar-refractivity contribution in [3.05, 3.63) is 21.9 Å². The average Bonchev–Trinajstić information content (AvgIpc) is 3.11. The van der Waals surface area contributed by atoms with Gasteiger partial charge in [-0.1, -0.05) is 0 Å². The molecule has 5 nitrogen and oxygen atoms in total. The maximum atomic E-state index is 12.6. The van der Waals surface area contributed by atoms with Gasteiger partial charge in [-0.25, -0.2) is 9.69 Å². The van der Waals surface area contributed by atoms with Crippen LogP contribution in [-0.2, 0) is 15.1 Å². The molecule has 0 N–H and O–H groups in total. The number of rotatable bonds is 2. The molecule has 2 fully saturated rings. The molecule has 150 valence electrons. The summed E-state index contributed by atoms with van der Waals surface area (Å²) in [5.41, 5.74) is -0.650. The molecule has 1 aliphatic carbocycles. The Bertz CT molecular complexity index is 724. The van der Waals surface area contributed by atoms with E-state index in [1.807, 2.05) is 32.1 Å². The Morgan fingerprint density at radius 3 is 2.30 bits per heavy atom. The Morgan fingerprint density at radius 2 is 1.81 bits per heavy atom. The number of hydrogen-bond acceptors (Lipinski definition) is 5. The standard InChI is InChI=1S/C21H32N2O3S/c1-15-7-8-16(27-15)21(22(5)6)11-9-20(10-12-21)13-17(24)23(14-20)18(25)26-19(2,3)4/h7-8H,9-14H2,1-6H3. The first-order valence-electron chi connectivity index (χ1n) is 9.74.